The second-order valence-corrected chi connectivity index (χ2v) is 8.96. The zero-order valence-corrected chi connectivity index (χ0v) is 17.3. The van der Waals surface area contributed by atoms with Gasteiger partial charge in [-0.1, -0.05) is 50.3 Å². The van der Waals surface area contributed by atoms with Crippen LogP contribution in [0.2, 0.25) is 0 Å². The van der Waals surface area contributed by atoms with Gasteiger partial charge in [0, 0.05) is 23.6 Å². The zero-order chi connectivity index (χ0) is 21.0. The van der Waals surface area contributed by atoms with Crippen molar-refractivity contribution < 1.29 is 9.18 Å². The maximum atomic E-state index is 13.7. The van der Waals surface area contributed by atoms with Crippen LogP contribution in [0.1, 0.15) is 43.0 Å². The Morgan fingerprint density at radius 2 is 1.77 bits per heavy atom. The number of Topliss-reactive ketones (excluding diaryl/α,β-unsaturated/α-hetero) is 1. The number of rotatable bonds is 2. The Bertz CT molecular complexity index is 1160. The van der Waals surface area contributed by atoms with Crippen molar-refractivity contribution in [3.63, 3.8) is 0 Å². The van der Waals surface area contributed by atoms with Gasteiger partial charge in [-0.2, -0.15) is 5.10 Å². The molecule has 4 nitrogen and oxygen atoms in total. The SMILES string of the molecule is Cc1nn(-c2ccccc2)c2c1[C@H](c1ccc(F)cc1)[C@H]1C(=O)CC(C)(C)C=C1N2. The predicted molar refractivity (Wildman–Crippen MR) is 115 cm³/mol. The Labute approximate surface area is 175 Å². The molecule has 0 amide bonds. The van der Waals surface area contributed by atoms with Crippen molar-refractivity contribution >= 4 is 11.6 Å². The normalized spacial score (nSPS) is 22.0. The summed E-state index contributed by atoms with van der Waals surface area (Å²) in [6, 6.07) is 16.5. The minimum Gasteiger partial charge on any atom is -0.343 e. The number of anilines is 1. The monoisotopic (exact) mass is 401 g/mol. The Morgan fingerprint density at radius 1 is 1.07 bits per heavy atom. The van der Waals surface area contributed by atoms with Crippen molar-refractivity contribution in [1.29, 1.82) is 0 Å². The number of hydrogen-bond donors (Lipinski definition) is 1. The zero-order valence-electron chi connectivity index (χ0n) is 17.3. The van der Waals surface area contributed by atoms with Gasteiger partial charge in [0.1, 0.15) is 17.4 Å². The average molecular weight is 401 g/mol. The fourth-order valence-corrected chi connectivity index (χ4v) is 4.89. The first-order valence-corrected chi connectivity index (χ1v) is 10.3. The number of halogens is 1. The Balaban J connectivity index is 1.76. The van der Waals surface area contributed by atoms with E-state index in [-0.39, 0.29) is 28.9 Å². The lowest BCUT2D eigenvalue weighted by Crippen LogP contribution is -2.39. The van der Waals surface area contributed by atoms with Gasteiger partial charge in [0.2, 0.25) is 0 Å². The molecule has 2 aliphatic rings. The number of para-hydroxylation sites is 1. The maximum absolute atomic E-state index is 13.7. The Morgan fingerprint density at radius 3 is 2.47 bits per heavy atom. The molecule has 2 heterocycles. The van der Waals surface area contributed by atoms with Gasteiger partial charge in [0.25, 0.3) is 0 Å². The molecule has 1 N–H and O–H groups in total. The van der Waals surface area contributed by atoms with Crippen LogP contribution in [0.4, 0.5) is 10.2 Å². The highest BCUT2D eigenvalue weighted by Crippen LogP contribution is 2.50. The molecule has 3 aromatic rings. The first-order chi connectivity index (χ1) is 14.3. The number of aromatic nitrogens is 2. The highest BCUT2D eigenvalue weighted by molar-refractivity contribution is 5.90. The van der Waals surface area contributed by atoms with Crippen molar-refractivity contribution in [1.82, 2.24) is 9.78 Å². The molecule has 0 bridgehead atoms. The molecule has 1 aromatic heterocycles. The topological polar surface area (TPSA) is 46.9 Å². The number of hydrogen-bond acceptors (Lipinski definition) is 3. The number of ketones is 1. The molecule has 1 aliphatic heterocycles. The number of nitrogens with one attached hydrogen (secondary N) is 1. The third-order valence-corrected chi connectivity index (χ3v) is 6.10. The molecular formula is C25H24FN3O. The summed E-state index contributed by atoms with van der Waals surface area (Å²) in [6.07, 6.45) is 2.66. The predicted octanol–water partition coefficient (Wildman–Crippen LogP) is 5.38. The van der Waals surface area contributed by atoms with Crippen molar-refractivity contribution in [3.8, 4) is 5.69 Å². The summed E-state index contributed by atoms with van der Waals surface area (Å²) in [4.78, 5) is 13.3. The molecule has 0 saturated heterocycles. The maximum Gasteiger partial charge on any atom is 0.143 e. The lowest BCUT2D eigenvalue weighted by atomic mass is 9.67. The number of fused-ring (bicyclic) bond motifs is 2. The van der Waals surface area contributed by atoms with Crippen LogP contribution in [-0.4, -0.2) is 15.6 Å². The highest BCUT2D eigenvalue weighted by atomic mass is 19.1. The second-order valence-electron chi connectivity index (χ2n) is 8.96. The number of aryl methyl sites for hydroxylation is 1. The van der Waals surface area contributed by atoms with Gasteiger partial charge in [-0.05, 0) is 42.2 Å². The Kier molecular flexibility index (Phi) is 4.17. The van der Waals surface area contributed by atoms with Gasteiger partial charge in [0.05, 0.1) is 17.3 Å². The molecular weight excluding hydrogens is 377 g/mol. The number of carbonyl (C=O) groups excluding carboxylic acids is 1. The molecule has 0 unspecified atom stereocenters. The summed E-state index contributed by atoms with van der Waals surface area (Å²) in [5.74, 6) is 0.284. The van der Waals surface area contributed by atoms with Gasteiger partial charge < -0.3 is 5.32 Å². The van der Waals surface area contributed by atoms with Gasteiger partial charge >= 0.3 is 0 Å². The van der Waals surface area contributed by atoms with E-state index in [1.807, 2.05) is 41.9 Å². The highest BCUT2D eigenvalue weighted by Gasteiger charge is 2.46. The molecule has 0 saturated carbocycles. The van der Waals surface area contributed by atoms with E-state index in [2.05, 4.69) is 25.2 Å². The van der Waals surface area contributed by atoms with Gasteiger partial charge in [-0.15, -0.1) is 0 Å². The van der Waals surface area contributed by atoms with Crippen LogP contribution in [0, 0.1) is 24.1 Å². The smallest absolute Gasteiger partial charge is 0.143 e. The lowest BCUT2D eigenvalue weighted by molar-refractivity contribution is -0.124. The summed E-state index contributed by atoms with van der Waals surface area (Å²) in [5, 5.41) is 8.37. The first kappa shape index (κ1) is 18.8. The van der Waals surface area contributed by atoms with Gasteiger partial charge in [-0.3, -0.25) is 4.79 Å². The third-order valence-electron chi connectivity index (χ3n) is 6.10. The van der Waals surface area contributed by atoms with E-state index >= 15 is 0 Å². The molecule has 0 spiro atoms. The van der Waals surface area contributed by atoms with Crippen LogP contribution in [0.3, 0.4) is 0 Å². The Hall–Kier alpha value is -3.21. The summed E-state index contributed by atoms with van der Waals surface area (Å²) in [5.41, 5.74) is 4.45. The number of nitrogens with zero attached hydrogens (tertiary/aromatic N) is 2. The molecule has 2 aromatic carbocycles. The first-order valence-electron chi connectivity index (χ1n) is 10.3. The van der Waals surface area contributed by atoms with E-state index in [0.29, 0.717) is 6.42 Å². The molecule has 0 fully saturated rings. The van der Waals surface area contributed by atoms with E-state index in [4.69, 9.17) is 5.10 Å². The molecule has 152 valence electrons. The van der Waals surface area contributed by atoms with Crippen LogP contribution < -0.4 is 5.32 Å². The van der Waals surface area contributed by atoms with Crippen LogP contribution in [0.5, 0.6) is 0 Å². The summed E-state index contributed by atoms with van der Waals surface area (Å²) >= 11 is 0. The molecule has 5 heteroatoms. The standard InChI is InChI=1S/C25H24FN3O/c1-15-21-22(16-9-11-17(26)12-10-16)23-19(13-25(2,3)14-20(23)30)27-24(21)29(28-15)18-7-5-4-6-8-18/h4-13,22-23,27H,14H2,1-3H3/t22-,23+/m0/s1. The summed E-state index contributed by atoms with van der Waals surface area (Å²) in [7, 11) is 0. The van der Waals surface area contributed by atoms with Gasteiger partial charge in [0.15, 0.2) is 0 Å². The van der Waals surface area contributed by atoms with Crippen molar-refractivity contribution in [2.75, 3.05) is 5.32 Å². The molecule has 0 radical (unpaired) electrons. The van der Waals surface area contributed by atoms with E-state index in [1.54, 1.807) is 12.1 Å². The van der Waals surface area contributed by atoms with Crippen molar-refractivity contribution in [2.24, 2.45) is 11.3 Å². The second kappa shape index (κ2) is 6.66. The van der Waals surface area contributed by atoms with E-state index < -0.39 is 0 Å². The summed E-state index contributed by atoms with van der Waals surface area (Å²) < 4.78 is 15.6. The van der Waals surface area contributed by atoms with Crippen LogP contribution in [0.15, 0.2) is 66.4 Å². The molecule has 1 aliphatic carbocycles. The van der Waals surface area contributed by atoms with Crippen molar-refractivity contribution in [3.05, 3.63) is 89.0 Å². The molecule has 30 heavy (non-hydrogen) atoms. The minimum atomic E-state index is -0.317. The minimum absolute atomic E-state index is 0.200. The van der Waals surface area contributed by atoms with E-state index in [9.17, 15) is 9.18 Å². The average Bonchev–Trinajstić information content (AvgIpc) is 3.03. The fourth-order valence-electron chi connectivity index (χ4n) is 4.89. The van der Waals surface area contributed by atoms with E-state index in [1.165, 1.54) is 12.1 Å². The molecule has 2 atom stereocenters. The number of carbonyl (C=O) groups is 1. The number of allylic oxidation sites excluding steroid dienone is 2. The largest absolute Gasteiger partial charge is 0.343 e. The lowest BCUT2D eigenvalue weighted by Gasteiger charge is -2.40. The quantitative estimate of drug-likeness (QED) is 0.627. The van der Waals surface area contributed by atoms with Crippen LogP contribution >= 0.6 is 0 Å². The van der Waals surface area contributed by atoms with Crippen molar-refractivity contribution in [2.45, 2.75) is 33.1 Å². The third kappa shape index (κ3) is 2.96. The fraction of sp³-hybridized carbons (Fsp3) is 0.280. The number of benzene rings is 2. The van der Waals surface area contributed by atoms with Crippen LogP contribution in [-0.2, 0) is 4.79 Å². The van der Waals surface area contributed by atoms with E-state index in [0.717, 1.165) is 34.0 Å². The van der Waals surface area contributed by atoms with Crippen LogP contribution in [0.25, 0.3) is 5.69 Å². The molecule has 5 rings (SSSR count). The summed E-state index contributed by atoms with van der Waals surface area (Å²) in [6.45, 7) is 6.14. The van der Waals surface area contributed by atoms with Gasteiger partial charge in [-0.25, -0.2) is 9.07 Å².